The van der Waals surface area contributed by atoms with Gasteiger partial charge in [-0.2, -0.15) is 0 Å². The molecule has 1 N–H and O–H groups in total. The highest BCUT2D eigenvalue weighted by Crippen LogP contribution is 2.13. The van der Waals surface area contributed by atoms with Crippen molar-refractivity contribution in [2.75, 3.05) is 6.61 Å². The van der Waals surface area contributed by atoms with Gasteiger partial charge in [0.15, 0.2) is 0 Å². The van der Waals surface area contributed by atoms with Gasteiger partial charge >= 0.3 is 0 Å². The van der Waals surface area contributed by atoms with Gasteiger partial charge in [0, 0.05) is 6.61 Å². The average Bonchev–Trinajstić information content (AvgIpc) is 2.19. The van der Waals surface area contributed by atoms with Crippen molar-refractivity contribution >= 4 is 0 Å². The van der Waals surface area contributed by atoms with Crippen LogP contribution >= 0.6 is 0 Å². The second-order valence-corrected chi connectivity index (χ2v) is 4.53. The molecule has 0 aromatic rings. The Hall–Kier alpha value is -0.0800. The normalized spacial score (nSPS) is 17.4. The number of hydrogen-bond donors (Lipinski definition) is 1. The van der Waals surface area contributed by atoms with Gasteiger partial charge in [-0.25, -0.2) is 0 Å². The molecule has 0 radical (unpaired) electrons. The fourth-order valence-corrected chi connectivity index (χ4v) is 1.85. The number of aliphatic hydroxyl groups is 1. The minimum atomic E-state index is -0.283. The quantitative estimate of drug-likeness (QED) is 0.640. The van der Waals surface area contributed by atoms with Gasteiger partial charge < -0.3 is 9.84 Å². The fraction of sp³-hybridized carbons (Fsp3) is 1.00. The number of rotatable bonds is 9. The zero-order valence-electron chi connectivity index (χ0n) is 10.8. The molecule has 0 saturated carbocycles. The number of aliphatic hydroxyl groups excluding tert-OH is 1. The summed E-state index contributed by atoms with van der Waals surface area (Å²) in [5.74, 6) is 0.609. The molecule has 0 aliphatic rings. The van der Waals surface area contributed by atoms with Crippen molar-refractivity contribution in [3.63, 3.8) is 0 Å². The molecule has 0 aliphatic carbocycles. The van der Waals surface area contributed by atoms with Gasteiger partial charge in [0.2, 0.25) is 0 Å². The minimum Gasteiger partial charge on any atom is -0.390 e. The first-order chi connectivity index (χ1) is 7.15. The van der Waals surface area contributed by atoms with Crippen LogP contribution in [0, 0.1) is 5.92 Å². The largest absolute Gasteiger partial charge is 0.390 e. The molecule has 0 saturated heterocycles. The maximum absolute atomic E-state index is 9.83. The monoisotopic (exact) mass is 216 g/mol. The zero-order chi connectivity index (χ0) is 11.7. The number of hydrogen-bond acceptors (Lipinski definition) is 2. The molecule has 0 aliphatic heterocycles. The van der Waals surface area contributed by atoms with Crippen LogP contribution in [0.25, 0.3) is 0 Å². The first kappa shape index (κ1) is 14.9. The molecule has 0 rings (SSSR count). The SMILES string of the molecule is CCCC(C)COC(CC)C(O)CCC. The molecule has 3 unspecified atom stereocenters. The van der Waals surface area contributed by atoms with Crippen LogP contribution in [0.15, 0.2) is 0 Å². The summed E-state index contributed by atoms with van der Waals surface area (Å²) >= 11 is 0. The van der Waals surface area contributed by atoms with E-state index in [4.69, 9.17) is 4.74 Å². The predicted molar refractivity (Wildman–Crippen MR) is 65.0 cm³/mol. The van der Waals surface area contributed by atoms with E-state index in [9.17, 15) is 5.11 Å². The molecule has 0 aromatic heterocycles. The zero-order valence-corrected chi connectivity index (χ0v) is 10.8. The Bertz CT molecular complexity index is 136. The molecule has 0 spiro atoms. The van der Waals surface area contributed by atoms with E-state index in [0.717, 1.165) is 25.9 Å². The van der Waals surface area contributed by atoms with Crippen LogP contribution in [0.3, 0.4) is 0 Å². The highest BCUT2D eigenvalue weighted by Gasteiger charge is 2.17. The fourth-order valence-electron chi connectivity index (χ4n) is 1.85. The molecular formula is C13H28O2. The van der Waals surface area contributed by atoms with Crippen molar-refractivity contribution in [2.24, 2.45) is 5.92 Å². The lowest BCUT2D eigenvalue weighted by atomic mass is 10.1. The minimum absolute atomic E-state index is 0.0317. The van der Waals surface area contributed by atoms with Crippen molar-refractivity contribution in [2.45, 2.75) is 72.0 Å². The lowest BCUT2D eigenvalue weighted by molar-refractivity contribution is -0.0528. The summed E-state index contributed by atoms with van der Waals surface area (Å²) in [6.07, 6.45) is 4.93. The maximum atomic E-state index is 9.83. The van der Waals surface area contributed by atoms with Crippen LogP contribution in [0.4, 0.5) is 0 Å². The van der Waals surface area contributed by atoms with E-state index >= 15 is 0 Å². The van der Waals surface area contributed by atoms with Gasteiger partial charge in [-0.1, -0.05) is 40.5 Å². The molecule has 0 fully saturated rings. The van der Waals surface area contributed by atoms with E-state index < -0.39 is 0 Å². The van der Waals surface area contributed by atoms with Gasteiger partial charge in [0.1, 0.15) is 0 Å². The summed E-state index contributed by atoms with van der Waals surface area (Å²) < 4.78 is 5.77. The molecule has 0 aromatic carbocycles. The summed E-state index contributed by atoms with van der Waals surface area (Å²) in [7, 11) is 0. The Labute approximate surface area is 95.0 Å². The Morgan fingerprint density at radius 3 is 2.13 bits per heavy atom. The molecule has 0 amide bonds. The summed E-state index contributed by atoms with van der Waals surface area (Å²) in [6, 6.07) is 0. The average molecular weight is 216 g/mol. The van der Waals surface area contributed by atoms with Crippen LogP contribution in [-0.2, 0) is 4.74 Å². The van der Waals surface area contributed by atoms with Crippen LogP contribution in [0.5, 0.6) is 0 Å². The van der Waals surface area contributed by atoms with Crippen molar-refractivity contribution in [3.8, 4) is 0 Å². The molecule has 3 atom stereocenters. The molecule has 0 heterocycles. The third kappa shape index (κ3) is 6.91. The smallest absolute Gasteiger partial charge is 0.0831 e. The van der Waals surface area contributed by atoms with Gasteiger partial charge in [-0.05, 0) is 25.2 Å². The summed E-state index contributed by atoms with van der Waals surface area (Å²) in [5.41, 5.74) is 0. The molecule has 0 bridgehead atoms. The summed E-state index contributed by atoms with van der Waals surface area (Å²) in [6.45, 7) is 9.36. The van der Waals surface area contributed by atoms with Crippen molar-refractivity contribution in [3.05, 3.63) is 0 Å². The predicted octanol–water partition coefficient (Wildman–Crippen LogP) is 3.38. The third-order valence-electron chi connectivity index (χ3n) is 2.79. The Kier molecular flexibility index (Phi) is 9.12. The van der Waals surface area contributed by atoms with E-state index in [1.165, 1.54) is 12.8 Å². The topological polar surface area (TPSA) is 29.5 Å². The molecule has 2 heteroatoms. The Balaban J connectivity index is 3.78. The van der Waals surface area contributed by atoms with Crippen LogP contribution in [0.1, 0.15) is 59.8 Å². The van der Waals surface area contributed by atoms with Crippen molar-refractivity contribution < 1.29 is 9.84 Å². The van der Waals surface area contributed by atoms with E-state index in [1.807, 2.05) is 0 Å². The van der Waals surface area contributed by atoms with E-state index in [0.29, 0.717) is 5.92 Å². The van der Waals surface area contributed by atoms with Crippen LogP contribution in [0.2, 0.25) is 0 Å². The summed E-state index contributed by atoms with van der Waals surface area (Å²) in [4.78, 5) is 0. The highest BCUT2D eigenvalue weighted by atomic mass is 16.5. The van der Waals surface area contributed by atoms with Gasteiger partial charge in [0.05, 0.1) is 12.2 Å². The standard InChI is InChI=1S/C13H28O2/c1-5-8-11(4)10-15-13(7-3)12(14)9-6-2/h11-14H,5-10H2,1-4H3. The van der Waals surface area contributed by atoms with Crippen LogP contribution < -0.4 is 0 Å². The summed E-state index contributed by atoms with van der Waals surface area (Å²) in [5, 5.41) is 9.83. The highest BCUT2D eigenvalue weighted by molar-refractivity contribution is 4.67. The third-order valence-corrected chi connectivity index (χ3v) is 2.79. The first-order valence-corrected chi connectivity index (χ1v) is 6.45. The van der Waals surface area contributed by atoms with E-state index in [2.05, 4.69) is 27.7 Å². The number of ether oxygens (including phenoxy) is 1. The van der Waals surface area contributed by atoms with E-state index in [-0.39, 0.29) is 12.2 Å². The van der Waals surface area contributed by atoms with Gasteiger partial charge in [-0.15, -0.1) is 0 Å². The maximum Gasteiger partial charge on any atom is 0.0831 e. The van der Waals surface area contributed by atoms with Crippen molar-refractivity contribution in [1.82, 2.24) is 0 Å². The van der Waals surface area contributed by atoms with Gasteiger partial charge in [-0.3, -0.25) is 0 Å². The second-order valence-electron chi connectivity index (χ2n) is 4.53. The lowest BCUT2D eigenvalue weighted by Gasteiger charge is -2.23. The first-order valence-electron chi connectivity index (χ1n) is 6.45. The van der Waals surface area contributed by atoms with Crippen LogP contribution in [-0.4, -0.2) is 23.9 Å². The van der Waals surface area contributed by atoms with Crippen molar-refractivity contribution in [1.29, 1.82) is 0 Å². The van der Waals surface area contributed by atoms with Gasteiger partial charge in [0.25, 0.3) is 0 Å². The lowest BCUT2D eigenvalue weighted by Crippen LogP contribution is -2.29. The Morgan fingerprint density at radius 2 is 1.67 bits per heavy atom. The molecule has 15 heavy (non-hydrogen) atoms. The molecule has 2 nitrogen and oxygen atoms in total. The Morgan fingerprint density at radius 1 is 1.07 bits per heavy atom. The van der Waals surface area contributed by atoms with E-state index in [1.54, 1.807) is 0 Å². The second kappa shape index (κ2) is 9.17. The molecule has 92 valence electrons. The molecular weight excluding hydrogens is 188 g/mol.